The summed E-state index contributed by atoms with van der Waals surface area (Å²) in [7, 11) is 1.64. The van der Waals surface area contributed by atoms with Gasteiger partial charge in [0.25, 0.3) is 5.56 Å². The van der Waals surface area contributed by atoms with Gasteiger partial charge >= 0.3 is 0 Å². The van der Waals surface area contributed by atoms with Crippen molar-refractivity contribution in [1.29, 1.82) is 0 Å². The Kier molecular flexibility index (Phi) is 5.18. The lowest BCUT2D eigenvalue weighted by molar-refractivity contribution is 0.483. The summed E-state index contributed by atoms with van der Waals surface area (Å²) in [4.78, 5) is 11.7. The lowest BCUT2D eigenvalue weighted by atomic mass is 10.0. The van der Waals surface area contributed by atoms with Gasteiger partial charge in [-0.2, -0.15) is 5.10 Å². The van der Waals surface area contributed by atoms with Crippen molar-refractivity contribution in [1.82, 2.24) is 9.78 Å². The molecule has 1 N–H and O–H groups in total. The quantitative estimate of drug-likeness (QED) is 0.910. The average Bonchev–Trinajstić information content (AvgIpc) is 2.29. The number of aryl methyl sites for hydroxylation is 1. The number of nitrogens with one attached hydrogen (secondary N) is 1. The van der Waals surface area contributed by atoms with Crippen LogP contribution >= 0.6 is 15.9 Å². The summed E-state index contributed by atoms with van der Waals surface area (Å²) in [5, 5.41) is 7.32. The monoisotopic (exact) mass is 301 g/mol. The Morgan fingerprint density at radius 2 is 2.18 bits per heavy atom. The van der Waals surface area contributed by atoms with E-state index in [1.807, 2.05) is 0 Å². The van der Waals surface area contributed by atoms with Crippen LogP contribution in [0, 0.1) is 5.92 Å². The standard InChI is InChI=1S/C12H20BrN3O/c1-5-8(2)6-9(3)15-10-7-14-16(4)12(17)11(10)13/h7-9,15H,5-6H2,1-4H3. The van der Waals surface area contributed by atoms with E-state index in [1.54, 1.807) is 13.2 Å². The Hall–Kier alpha value is -0.840. The van der Waals surface area contributed by atoms with Gasteiger partial charge in [0, 0.05) is 13.1 Å². The van der Waals surface area contributed by atoms with Crippen LogP contribution in [0.3, 0.4) is 0 Å². The van der Waals surface area contributed by atoms with Crippen molar-refractivity contribution in [3.05, 3.63) is 21.0 Å². The highest BCUT2D eigenvalue weighted by molar-refractivity contribution is 9.10. The van der Waals surface area contributed by atoms with Gasteiger partial charge < -0.3 is 5.32 Å². The molecule has 0 saturated heterocycles. The third-order valence-electron chi connectivity index (χ3n) is 2.93. The van der Waals surface area contributed by atoms with E-state index in [2.05, 4.69) is 47.1 Å². The molecule has 0 aliphatic heterocycles. The Labute approximate surface area is 111 Å². The maximum Gasteiger partial charge on any atom is 0.282 e. The molecule has 17 heavy (non-hydrogen) atoms. The van der Waals surface area contributed by atoms with Crippen molar-refractivity contribution < 1.29 is 0 Å². The van der Waals surface area contributed by atoms with E-state index in [1.165, 1.54) is 11.1 Å². The Morgan fingerprint density at radius 1 is 1.53 bits per heavy atom. The fourth-order valence-electron chi connectivity index (χ4n) is 1.71. The van der Waals surface area contributed by atoms with Crippen LogP contribution in [0.5, 0.6) is 0 Å². The second-order valence-electron chi connectivity index (χ2n) is 4.60. The van der Waals surface area contributed by atoms with E-state index < -0.39 is 0 Å². The summed E-state index contributed by atoms with van der Waals surface area (Å²) < 4.78 is 1.86. The molecule has 1 aromatic heterocycles. The molecule has 0 aliphatic carbocycles. The van der Waals surface area contributed by atoms with Gasteiger partial charge in [-0.05, 0) is 35.2 Å². The molecular formula is C12H20BrN3O. The van der Waals surface area contributed by atoms with Gasteiger partial charge in [0.05, 0.1) is 11.9 Å². The van der Waals surface area contributed by atoms with Crippen LogP contribution < -0.4 is 10.9 Å². The molecule has 2 unspecified atom stereocenters. The highest BCUT2D eigenvalue weighted by atomic mass is 79.9. The molecule has 0 radical (unpaired) electrons. The molecule has 0 aromatic carbocycles. The van der Waals surface area contributed by atoms with Crippen LogP contribution in [0.25, 0.3) is 0 Å². The summed E-state index contributed by atoms with van der Waals surface area (Å²) >= 11 is 3.31. The van der Waals surface area contributed by atoms with Crippen LogP contribution in [0.1, 0.15) is 33.6 Å². The van der Waals surface area contributed by atoms with Gasteiger partial charge in [0.15, 0.2) is 0 Å². The van der Waals surface area contributed by atoms with Gasteiger partial charge in [0.1, 0.15) is 4.47 Å². The van der Waals surface area contributed by atoms with E-state index in [0.717, 1.165) is 12.1 Å². The first kappa shape index (κ1) is 14.2. The van der Waals surface area contributed by atoms with Gasteiger partial charge in [-0.3, -0.25) is 4.79 Å². The summed E-state index contributed by atoms with van der Waals surface area (Å²) in [6.45, 7) is 6.54. The van der Waals surface area contributed by atoms with E-state index >= 15 is 0 Å². The average molecular weight is 302 g/mol. The molecule has 0 saturated carbocycles. The molecule has 1 aromatic rings. The van der Waals surface area contributed by atoms with Crippen molar-refractivity contribution in [3.63, 3.8) is 0 Å². The number of halogens is 1. The second-order valence-corrected chi connectivity index (χ2v) is 5.39. The topological polar surface area (TPSA) is 46.9 Å². The number of aromatic nitrogens is 2. The van der Waals surface area contributed by atoms with Crippen LogP contribution in [0.15, 0.2) is 15.5 Å². The zero-order valence-corrected chi connectivity index (χ0v) is 12.4. The molecule has 2 atom stereocenters. The van der Waals surface area contributed by atoms with Crippen molar-refractivity contribution >= 4 is 21.6 Å². The van der Waals surface area contributed by atoms with E-state index in [0.29, 0.717) is 16.4 Å². The Morgan fingerprint density at radius 3 is 2.76 bits per heavy atom. The lowest BCUT2D eigenvalue weighted by Gasteiger charge is -2.19. The Bertz CT molecular complexity index is 430. The predicted molar refractivity (Wildman–Crippen MR) is 74.3 cm³/mol. The molecule has 5 heteroatoms. The summed E-state index contributed by atoms with van der Waals surface area (Å²) in [5.74, 6) is 0.677. The summed E-state index contributed by atoms with van der Waals surface area (Å²) in [6, 6.07) is 0.329. The minimum Gasteiger partial charge on any atom is -0.380 e. The largest absolute Gasteiger partial charge is 0.380 e. The molecular weight excluding hydrogens is 282 g/mol. The van der Waals surface area contributed by atoms with Crippen molar-refractivity contribution in [2.75, 3.05) is 5.32 Å². The van der Waals surface area contributed by atoms with Crippen molar-refractivity contribution in [2.45, 2.75) is 39.7 Å². The summed E-state index contributed by atoms with van der Waals surface area (Å²) in [6.07, 6.45) is 3.93. The van der Waals surface area contributed by atoms with E-state index in [9.17, 15) is 4.79 Å². The fourth-order valence-corrected chi connectivity index (χ4v) is 2.18. The summed E-state index contributed by atoms with van der Waals surface area (Å²) in [5.41, 5.74) is 0.648. The third kappa shape index (κ3) is 3.84. The molecule has 0 amide bonds. The zero-order valence-electron chi connectivity index (χ0n) is 10.8. The first-order chi connectivity index (χ1) is 7.95. The molecule has 96 valence electrons. The number of hydrogen-bond donors (Lipinski definition) is 1. The number of hydrogen-bond acceptors (Lipinski definition) is 3. The molecule has 1 rings (SSSR count). The maximum absolute atomic E-state index is 11.7. The molecule has 0 fully saturated rings. The molecule has 0 aliphatic rings. The predicted octanol–water partition coefficient (Wildman–Crippen LogP) is 2.78. The highest BCUT2D eigenvalue weighted by Gasteiger charge is 2.11. The minimum atomic E-state index is -0.120. The van der Waals surface area contributed by atoms with Crippen molar-refractivity contribution in [3.8, 4) is 0 Å². The SMILES string of the molecule is CCC(C)CC(C)Nc1cnn(C)c(=O)c1Br. The minimum absolute atomic E-state index is 0.120. The van der Waals surface area contributed by atoms with Crippen molar-refractivity contribution in [2.24, 2.45) is 13.0 Å². The normalized spacial score (nSPS) is 14.4. The number of rotatable bonds is 5. The molecule has 4 nitrogen and oxygen atoms in total. The van der Waals surface area contributed by atoms with E-state index in [-0.39, 0.29) is 5.56 Å². The van der Waals surface area contributed by atoms with Crippen LogP contribution in [0.2, 0.25) is 0 Å². The van der Waals surface area contributed by atoms with Crippen LogP contribution in [-0.4, -0.2) is 15.8 Å². The molecule has 1 heterocycles. The maximum atomic E-state index is 11.7. The number of anilines is 1. The molecule has 0 bridgehead atoms. The van der Waals surface area contributed by atoms with Gasteiger partial charge in [-0.25, -0.2) is 4.68 Å². The van der Waals surface area contributed by atoms with Gasteiger partial charge in [0.2, 0.25) is 0 Å². The third-order valence-corrected chi connectivity index (χ3v) is 3.70. The first-order valence-electron chi connectivity index (χ1n) is 5.94. The van der Waals surface area contributed by atoms with Crippen LogP contribution in [0.4, 0.5) is 5.69 Å². The van der Waals surface area contributed by atoms with Gasteiger partial charge in [-0.1, -0.05) is 20.3 Å². The first-order valence-corrected chi connectivity index (χ1v) is 6.73. The smallest absolute Gasteiger partial charge is 0.282 e. The fraction of sp³-hybridized carbons (Fsp3) is 0.667. The van der Waals surface area contributed by atoms with Gasteiger partial charge in [-0.15, -0.1) is 0 Å². The van der Waals surface area contributed by atoms with Crippen LogP contribution in [-0.2, 0) is 7.05 Å². The lowest BCUT2D eigenvalue weighted by Crippen LogP contribution is -2.24. The molecule has 0 spiro atoms. The number of nitrogens with zero attached hydrogens (tertiary/aromatic N) is 2. The zero-order chi connectivity index (χ0) is 13.0. The Balaban J connectivity index is 2.75. The highest BCUT2D eigenvalue weighted by Crippen LogP contribution is 2.19. The second kappa shape index (κ2) is 6.19. The van der Waals surface area contributed by atoms with E-state index in [4.69, 9.17) is 0 Å².